The van der Waals surface area contributed by atoms with Crippen molar-refractivity contribution in [3.05, 3.63) is 78.1 Å². The van der Waals surface area contributed by atoms with Crippen molar-refractivity contribution in [1.82, 2.24) is 24.6 Å². The molecular weight excluding hydrogens is 821 g/mol. The average Bonchev–Trinajstić information content (AvgIpc) is 3.65. The largest absolute Gasteiger partial charge is 0.464 e. The van der Waals surface area contributed by atoms with Crippen LogP contribution in [0.25, 0.3) is 11.2 Å². The Morgan fingerprint density at radius 1 is 0.871 bits per heavy atom. The summed E-state index contributed by atoms with van der Waals surface area (Å²) < 4.78 is 83.4. The lowest BCUT2D eigenvalue weighted by Crippen LogP contribution is -2.41. The summed E-state index contributed by atoms with van der Waals surface area (Å²) >= 11 is 0. The molecule has 1 unspecified atom stereocenters. The summed E-state index contributed by atoms with van der Waals surface area (Å²) in [5, 5.41) is 2.79. The van der Waals surface area contributed by atoms with Crippen LogP contribution in [0.5, 0.6) is 5.75 Å². The second kappa shape index (κ2) is 26.6. The van der Waals surface area contributed by atoms with Gasteiger partial charge < -0.3 is 24.3 Å². The number of hydrogen-bond donors (Lipinski definition) is 2. The third-order valence-corrected chi connectivity index (χ3v) is 12.7. The molecule has 62 heavy (non-hydrogen) atoms. The molecule has 0 aliphatic heterocycles. The van der Waals surface area contributed by atoms with Crippen LogP contribution in [0.2, 0.25) is 0 Å². The Labute approximate surface area is 365 Å². The standard InChI is InChI=1S/C46H68F3N6O6P/c1-5-7-9-11-13-15-18-22-35(23-19-16-14-12-10-8-6-2)32-59-44(56)40(30-36-28-37(47)31-38(48)29-36)54-62(57,61-39-24-20-17-21-25-39)60-33-46(3,58-4)26-27-55-34-51-41-42(50)52-45(49)53-43(41)55/h17,20-21,24-25,28-29,31,34-35,40H,5-16,18-19,22-23,26-27,30,32-33H2,1-4H3,(H,54,57)(H2,50,52,53)/t40-,46-,62?/m0/s1. The molecule has 3 atom stereocenters. The van der Waals surface area contributed by atoms with Crippen molar-refractivity contribution in [1.29, 1.82) is 0 Å². The molecule has 0 bridgehead atoms. The molecule has 0 saturated heterocycles. The Kier molecular flexibility index (Phi) is 21.7. The zero-order valence-corrected chi connectivity index (χ0v) is 38.0. The first-order valence-electron chi connectivity index (χ1n) is 22.4. The molecule has 4 rings (SSSR count). The Morgan fingerprint density at radius 3 is 2.06 bits per heavy atom. The fraction of sp³-hybridized carbons (Fsp3) is 0.609. The summed E-state index contributed by atoms with van der Waals surface area (Å²) in [7, 11) is -3.04. The van der Waals surface area contributed by atoms with E-state index in [0.717, 1.165) is 56.7 Å². The molecule has 0 spiro atoms. The maximum Gasteiger partial charge on any atom is 0.459 e. The number of imidazole rings is 1. The van der Waals surface area contributed by atoms with E-state index >= 15 is 0 Å². The van der Waals surface area contributed by atoms with Gasteiger partial charge in [-0.25, -0.2) is 18.3 Å². The maximum absolute atomic E-state index is 14.9. The molecule has 2 aromatic heterocycles. The number of nitrogens with zero attached hydrogens (tertiary/aromatic N) is 4. The topological polar surface area (TPSA) is 153 Å². The summed E-state index contributed by atoms with van der Waals surface area (Å²) in [5.41, 5.74) is 5.30. The van der Waals surface area contributed by atoms with Crippen molar-refractivity contribution >= 4 is 30.7 Å². The number of carbonyl (C=O) groups excluding carboxylic acids is 1. The number of fused-ring (bicyclic) bond motifs is 1. The lowest BCUT2D eigenvalue weighted by Gasteiger charge is -2.31. The summed E-state index contributed by atoms with van der Waals surface area (Å²) in [4.78, 5) is 25.7. The van der Waals surface area contributed by atoms with Crippen LogP contribution < -0.4 is 15.3 Å². The molecule has 2 heterocycles. The number of methoxy groups -OCH3 is 1. The SMILES string of the molecule is CCCCCCCCCC(CCCCCCCCC)COC(=O)[C@H](Cc1cc(F)cc(F)c1)NP(=O)(OC[C@](C)(CCn1cnc2c(N)nc(F)nc21)OC)Oc1ccccc1. The number of aryl methyl sites for hydroxylation is 1. The number of nitrogens with two attached hydrogens (primary N) is 1. The van der Waals surface area contributed by atoms with Gasteiger partial charge in [-0.2, -0.15) is 19.4 Å². The van der Waals surface area contributed by atoms with E-state index in [1.54, 1.807) is 41.8 Å². The van der Waals surface area contributed by atoms with E-state index in [2.05, 4.69) is 33.9 Å². The highest BCUT2D eigenvalue weighted by molar-refractivity contribution is 7.52. The van der Waals surface area contributed by atoms with Crippen molar-refractivity contribution in [2.24, 2.45) is 5.92 Å². The summed E-state index contributed by atoms with van der Waals surface area (Å²) in [6.07, 6.45) is 18.6. The molecule has 0 aliphatic carbocycles. The van der Waals surface area contributed by atoms with Gasteiger partial charge in [-0.1, -0.05) is 122 Å². The van der Waals surface area contributed by atoms with Crippen LogP contribution in [-0.2, 0) is 36.3 Å². The zero-order valence-electron chi connectivity index (χ0n) is 37.1. The zero-order chi connectivity index (χ0) is 44.8. The van der Waals surface area contributed by atoms with Gasteiger partial charge in [-0.05, 0) is 68.4 Å². The number of unbranched alkanes of at least 4 members (excludes halogenated alkanes) is 12. The van der Waals surface area contributed by atoms with E-state index in [4.69, 9.17) is 24.3 Å². The van der Waals surface area contributed by atoms with Gasteiger partial charge in [-0.15, -0.1) is 0 Å². The summed E-state index contributed by atoms with van der Waals surface area (Å²) in [5.74, 6) is -2.20. The van der Waals surface area contributed by atoms with Gasteiger partial charge in [0, 0.05) is 19.7 Å². The third kappa shape index (κ3) is 17.6. The van der Waals surface area contributed by atoms with E-state index < -0.39 is 43.1 Å². The highest BCUT2D eigenvalue weighted by atomic mass is 31.2. The number of para-hydroxylation sites is 1. The first-order chi connectivity index (χ1) is 29.9. The number of hydrogen-bond acceptors (Lipinski definition) is 10. The van der Waals surface area contributed by atoms with Crippen LogP contribution >= 0.6 is 7.75 Å². The number of esters is 1. The van der Waals surface area contributed by atoms with Crippen LogP contribution in [0.15, 0.2) is 54.9 Å². The number of ether oxygens (including phenoxy) is 2. The Hall–Kier alpha value is -4.04. The molecule has 0 amide bonds. The molecule has 2 aromatic carbocycles. The van der Waals surface area contributed by atoms with Crippen LogP contribution in [0.3, 0.4) is 0 Å². The minimum atomic E-state index is -4.50. The minimum Gasteiger partial charge on any atom is -0.464 e. The third-order valence-electron chi connectivity index (χ3n) is 11.2. The van der Waals surface area contributed by atoms with Crippen molar-refractivity contribution in [3.63, 3.8) is 0 Å². The molecule has 12 nitrogen and oxygen atoms in total. The number of aromatic nitrogens is 4. The van der Waals surface area contributed by atoms with Crippen LogP contribution in [-0.4, -0.2) is 57.5 Å². The average molecular weight is 889 g/mol. The van der Waals surface area contributed by atoms with Gasteiger partial charge in [0.25, 0.3) is 0 Å². The molecule has 0 aliphatic rings. The van der Waals surface area contributed by atoms with Crippen LogP contribution in [0.4, 0.5) is 19.0 Å². The first-order valence-corrected chi connectivity index (χ1v) is 24.0. The quantitative estimate of drug-likeness (QED) is 0.0208. The number of benzene rings is 2. The number of rotatable bonds is 32. The van der Waals surface area contributed by atoms with Crippen LogP contribution in [0, 0.1) is 23.6 Å². The number of nitrogens with one attached hydrogen (secondary N) is 1. The van der Waals surface area contributed by atoms with Gasteiger partial charge in [0.2, 0.25) is 0 Å². The Morgan fingerprint density at radius 2 is 1.47 bits per heavy atom. The number of nitrogen functional groups attached to an aromatic ring is 1. The molecular formula is C46H68F3N6O6P. The molecule has 16 heteroatoms. The normalized spacial score (nSPS) is 14.2. The number of carbonyl (C=O) groups is 1. The molecule has 3 N–H and O–H groups in total. The highest BCUT2D eigenvalue weighted by Gasteiger charge is 2.38. The van der Waals surface area contributed by atoms with Crippen molar-refractivity contribution in [3.8, 4) is 5.75 Å². The summed E-state index contributed by atoms with van der Waals surface area (Å²) in [6.45, 7) is 6.19. The minimum absolute atomic E-state index is 0.0972. The lowest BCUT2D eigenvalue weighted by atomic mass is 9.94. The van der Waals surface area contributed by atoms with Gasteiger partial charge in [0.15, 0.2) is 11.5 Å². The fourth-order valence-electron chi connectivity index (χ4n) is 7.35. The van der Waals surface area contributed by atoms with Gasteiger partial charge in [-0.3, -0.25) is 9.32 Å². The van der Waals surface area contributed by atoms with E-state index in [1.165, 1.54) is 77.6 Å². The monoisotopic (exact) mass is 888 g/mol. The van der Waals surface area contributed by atoms with Crippen molar-refractivity contribution in [2.75, 3.05) is 26.1 Å². The van der Waals surface area contributed by atoms with E-state index in [0.29, 0.717) is 0 Å². The van der Waals surface area contributed by atoms with Crippen molar-refractivity contribution in [2.45, 2.75) is 155 Å². The molecule has 0 saturated carbocycles. The van der Waals surface area contributed by atoms with Crippen LogP contribution in [0.1, 0.15) is 135 Å². The molecule has 0 radical (unpaired) electrons. The molecule has 344 valence electrons. The second-order valence-corrected chi connectivity index (χ2v) is 18.2. The maximum atomic E-state index is 14.9. The predicted molar refractivity (Wildman–Crippen MR) is 237 cm³/mol. The Bertz CT molecular complexity index is 1940. The summed E-state index contributed by atoms with van der Waals surface area (Å²) in [6, 6.07) is 9.87. The Balaban J connectivity index is 1.53. The van der Waals surface area contributed by atoms with Gasteiger partial charge in [0.1, 0.15) is 28.9 Å². The first kappa shape index (κ1) is 50.6. The van der Waals surface area contributed by atoms with Gasteiger partial charge in [0.05, 0.1) is 25.1 Å². The van der Waals surface area contributed by atoms with Crippen molar-refractivity contribution < 1.29 is 41.1 Å². The van der Waals surface area contributed by atoms with Gasteiger partial charge >= 0.3 is 19.8 Å². The second-order valence-electron chi connectivity index (χ2n) is 16.5. The molecule has 0 fully saturated rings. The van der Waals surface area contributed by atoms with E-state index in [9.17, 15) is 22.5 Å². The van der Waals surface area contributed by atoms with E-state index in [1.807, 2.05) is 0 Å². The smallest absolute Gasteiger partial charge is 0.459 e. The molecule has 4 aromatic rings. The number of halogens is 3. The van der Waals surface area contributed by atoms with E-state index in [-0.39, 0.29) is 66.8 Å². The lowest BCUT2D eigenvalue weighted by molar-refractivity contribution is -0.147. The number of anilines is 1. The fourth-order valence-corrected chi connectivity index (χ4v) is 8.95. The highest BCUT2D eigenvalue weighted by Crippen LogP contribution is 2.46. The predicted octanol–water partition coefficient (Wildman–Crippen LogP) is 11.5.